The smallest absolute Gasteiger partial charge is 0.242 e. The zero-order valence-electron chi connectivity index (χ0n) is 12.5. The Balaban J connectivity index is 1.76. The molecule has 4 aromatic rings. The van der Waals surface area contributed by atoms with E-state index in [2.05, 4.69) is 31.4 Å². The van der Waals surface area contributed by atoms with Crippen LogP contribution in [0, 0.1) is 11.3 Å². The van der Waals surface area contributed by atoms with Crippen LogP contribution in [-0.4, -0.2) is 24.6 Å². The number of anilines is 1. The number of rotatable bonds is 3. The highest BCUT2D eigenvalue weighted by atomic mass is 15.5. The van der Waals surface area contributed by atoms with Crippen LogP contribution in [0.5, 0.6) is 0 Å². The van der Waals surface area contributed by atoms with Gasteiger partial charge in [-0.1, -0.05) is 30.3 Å². The van der Waals surface area contributed by atoms with Crippen molar-refractivity contribution in [3.05, 3.63) is 66.7 Å². The van der Waals surface area contributed by atoms with Gasteiger partial charge in [-0.3, -0.25) is 5.43 Å². The lowest BCUT2D eigenvalue weighted by Gasteiger charge is -2.09. The standard InChI is InChI=1S/C17H11N7/c18-9-13-10-20-17(22-15(13)12-5-2-1-3-6-12)23-24-11-21-14-7-4-8-19-16(14)24/h1-8,10-11H,(H,20,22,23). The molecule has 24 heavy (non-hydrogen) atoms. The summed E-state index contributed by atoms with van der Waals surface area (Å²) in [5, 5.41) is 9.29. The molecule has 0 aliphatic rings. The van der Waals surface area contributed by atoms with Gasteiger partial charge in [0.05, 0.1) is 17.5 Å². The molecule has 7 nitrogen and oxygen atoms in total. The summed E-state index contributed by atoms with van der Waals surface area (Å²) in [6.07, 6.45) is 4.81. The van der Waals surface area contributed by atoms with E-state index in [9.17, 15) is 5.26 Å². The Bertz CT molecular complexity index is 1050. The van der Waals surface area contributed by atoms with E-state index in [1.807, 2.05) is 42.5 Å². The predicted molar refractivity (Wildman–Crippen MR) is 88.7 cm³/mol. The van der Waals surface area contributed by atoms with Gasteiger partial charge in [-0.05, 0) is 12.1 Å². The van der Waals surface area contributed by atoms with Crippen molar-refractivity contribution in [2.45, 2.75) is 0 Å². The molecule has 1 N–H and O–H groups in total. The number of fused-ring (bicyclic) bond motifs is 1. The quantitative estimate of drug-likeness (QED) is 0.625. The topological polar surface area (TPSA) is 92.3 Å². The van der Waals surface area contributed by atoms with Gasteiger partial charge in [-0.25, -0.2) is 24.6 Å². The maximum atomic E-state index is 9.29. The van der Waals surface area contributed by atoms with Gasteiger partial charge in [0.2, 0.25) is 5.95 Å². The van der Waals surface area contributed by atoms with Crippen LogP contribution in [0.3, 0.4) is 0 Å². The van der Waals surface area contributed by atoms with Crippen LogP contribution in [0.15, 0.2) is 61.2 Å². The number of pyridine rings is 1. The Morgan fingerprint density at radius 1 is 1.00 bits per heavy atom. The predicted octanol–water partition coefficient (Wildman–Crippen LogP) is 2.64. The molecule has 0 aliphatic heterocycles. The molecule has 3 heterocycles. The minimum Gasteiger partial charge on any atom is -0.258 e. The first-order valence-corrected chi connectivity index (χ1v) is 7.23. The van der Waals surface area contributed by atoms with Gasteiger partial charge in [0.15, 0.2) is 5.65 Å². The molecule has 0 radical (unpaired) electrons. The molecule has 114 valence electrons. The second-order valence-corrected chi connectivity index (χ2v) is 5.01. The molecule has 7 heteroatoms. The van der Waals surface area contributed by atoms with Crippen LogP contribution in [-0.2, 0) is 0 Å². The zero-order chi connectivity index (χ0) is 16.4. The van der Waals surface area contributed by atoms with E-state index in [0.717, 1.165) is 11.1 Å². The van der Waals surface area contributed by atoms with Crippen molar-refractivity contribution in [2.24, 2.45) is 0 Å². The molecule has 0 saturated carbocycles. The molecule has 0 spiro atoms. The number of hydrogen-bond donors (Lipinski definition) is 1. The Morgan fingerprint density at radius 3 is 2.71 bits per heavy atom. The van der Waals surface area contributed by atoms with E-state index in [-0.39, 0.29) is 0 Å². The highest BCUT2D eigenvalue weighted by Gasteiger charge is 2.10. The molecule has 0 fully saturated rings. The molecule has 1 aromatic carbocycles. The van der Waals surface area contributed by atoms with E-state index >= 15 is 0 Å². The largest absolute Gasteiger partial charge is 0.258 e. The van der Waals surface area contributed by atoms with Crippen molar-refractivity contribution >= 4 is 17.1 Å². The van der Waals surface area contributed by atoms with Crippen molar-refractivity contribution < 1.29 is 0 Å². The fourth-order valence-electron chi connectivity index (χ4n) is 2.37. The van der Waals surface area contributed by atoms with E-state index in [1.165, 1.54) is 6.20 Å². The summed E-state index contributed by atoms with van der Waals surface area (Å²) in [6, 6.07) is 15.3. The molecule has 0 amide bonds. The number of imidazole rings is 1. The summed E-state index contributed by atoms with van der Waals surface area (Å²) in [5.74, 6) is 0.359. The van der Waals surface area contributed by atoms with Crippen LogP contribution in [0.4, 0.5) is 5.95 Å². The third-order valence-corrected chi connectivity index (χ3v) is 3.48. The van der Waals surface area contributed by atoms with Crippen molar-refractivity contribution in [2.75, 3.05) is 5.43 Å². The lowest BCUT2D eigenvalue weighted by molar-refractivity contribution is 0.930. The summed E-state index contributed by atoms with van der Waals surface area (Å²) < 4.78 is 1.64. The van der Waals surface area contributed by atoms with Crippen molar-refractivity contribution in [1.29, 1.82) is 5.26 Å². The van der Waals surface area contributed by atoms with Gasteiger partial charge < -0.3 is 0 Å². The van der Waals surface area contributed by atoms with E-state index < -0.39 is 0 Å². The minimum atomic E-state index is 0.359. The normalized spacial score (nSPS) is 10.5. The molecule has 0 saturated heterocycles. The van der Waals surface area contributed by atoms with Crippen LogP contribution >= 0.6 is 0 Å². The molecule has 3 aromatic heterocycles. The average Bonchev–Trinajstić information content (AvgIpc) is 3.05. The molecule has 0 bridgehead atoms. The van der Waals surface area contributed by atoms with Crippen molar-refractivity contribution in [3.63, 3.8) is 0 Å². The van der Waals surface area contributed by atoms with E-state index in [1.54, 1.807) is 17.2 Å². The number of aromatic nitrogens is 5. The number of nitrogens with one attached hydrogen (secondary N) is 1. The summed E-state index contributed by atoms with van der Waals surface area (Å²) in [6.45, 7) is 0. The van der Waals surface area contributed by atoms with Gasteiger partial charge in [-0.15, -0.1) is 0 Å². The Kier molecular flexibility index (Phi) is 3.33. The molecule has 0 atom stereocenters. The summed E-state index contributed by atoms with van der Waals surface area (Å²) in [5.41, 5.74) is 6.34. The second-order valence-electron chi connectivity index (χ2n) is 5.01. The number of hydrogen-bond acceptors (Lipinski definition) is 6. The van der Waals surface area contributed by atoms with E-state index in [0.29, 0.717) is 22.9 Å². The fraction of sp³-hybridized carbons (Fsp3) is 0. The van der Waals surface area contributed by atoms with Gasteiger partial charge in [0.25, 0.3) is 0 Å². The first-order chi connectivity index (χ1) is 11.8. The maximum Gasteiger partial charge on any atom is 0.242 e. The summed E-state index contributed by atoms with van der Waals surface area (Å²) in [4.78, 5) is 17.2. The van der Waals surface area contributed by atoms with Crippen LogP contribution in [0.2, 0.25) is 0 Å². The summed E-state index contributed by atoms with van der Waals surface area (Å²) >= 11 is 0. The van der Waals surface area contributed by atoms with Crippen molar-refractivity contribution in [1.82, 2.24) is 24.6 Å². The van der Waals surface area contributed by atoms with Gasteiger partial charge in [0, 0.05) is 11.8 Å². The third-order valence-electron chi connectivity index (χ3n) is 3.48. The van der Waals surface area contributed by atoms with Gasteiger partial charge in [0.1, 0.15) is 17.9 Å². The Hall–Kier alpha value is -3.79. The second kappa shape index (κ2) is 5.78. The highest BCUT2D eigenvalue weighted by molar-refractivity contribution is 5.71. The molecule has 4 rings (SSSR count). The fourth-order valence-corrected chi connectivity index (χ4v) is 2.37. The van der Waals surface area contributed by atoms with Crippen LogP contribution < -0.4 is 5.43 Å². The first-order valence-electron chi connectivity index (χ1n) is 7.23. The first kappa shape index (κ1) is 13.8. The zero-order valence-corrected chi connectivity index (χ0v) is 12.5. The van der Waals surface area contributed by atoms with Crippen molar-refractivity contribution in [3.8, 4) is 17.3 Å². The van der Waals surface area contributed by atoms with Gasteiger partial charge >= 0.3 is 0 Å². The number of nitrogens with zero attached hydrogens (tertiary/aromatic N) is 6. The third kappa shape index (κ3) is 2.42. The molecule has 0 unspecified atom stereocenters. The lowest BCUT2D eigenvalue weighted by atomic mass is 10.1. The molecular formula is C17H11N7. The molecular weight excluding hydrogens is 302 g/mol. The minimum absolute atomic E-state index is 0.359. The Labute approximate surface area is 137 Å². The van der Waals surface area contributed by atoms with E-state index in [4.69, 9.17) is 0 Å². The summed E-state index contributed by atoms with van der Waals surface area (Å²) in [7, 11) is 0. The monoisotopic (exact) mass is 313 g/mol. The SMILES string of the molecule is N#Cc1cnc(Nn2cnc3cccnc32)nc1-c1ccccc1. The van der Waals surface area contributed by atoms with Gasteiger partial charge in [-0.2, -0.15) is 5.26 Å². The maximum absolute atomic E-state index is 9.29. The number of nitriles is 1. The highest BCUT2D eigenvalue weighted by Crippen LogP contribution is 2.21. The molecule has 0 aliphatic carbocycles. The average molecular weight is 313 g/mol. The van der Waals surface area contributed by atoms with Crippen LogP contribution in [0.25, 0.3) is 22.4 Å². The van der Waals surface area contributed by atoms with Crippen LogP contribution in [0.1, 0.15) is 5.56 Å². The number of benzene rings is 1. The lowest BCUT2D eigenvalue weighted by Crippen LogP contribution is -2.11. The Morgan fingerprint density at radius 2 is 1.88 bits per heavy atom.